The van der Waals surface area contributed by atoms with E-state index in [0.717, 1.165) is 12.1 Å². The molecule has 1 aromatic rings. The van der Waals surface area contributed by atoms with Gasteiger partial charge in [0.15, 0.2) is 6.10 Å². The Kier molecular flexibility index (Phi) is 4.11. The van der Waals surface area contributed by atoms with E-state index in [1.165, 1.54) is 13.2 Å². The number of rotatable bonds is 5. The van der Waals surface area contributed by atoms with Crippen LogP contribution in [0.3, 0.4) is 0 Å². The molecular weight excluding hydrogens is 233 g/mol. The average molecular weight is 243 g/mol. The monoisotopic (exact) mass is 243 g/mol. The first-order valence-corrected chi connectivity index (χ1v) is 4.64. The fraction of sp³-hybridized carbons (Fsp3) is 0.300. The molecule has 0 aliphatic carbocycles. The van der Waals surface area contributed by atoms with Gasteiger partial charge in [0, 0.05) is 19.6 Å². The standard InChI is InChI=1S/C10H10FNO5/c1-17-9(10(13)14)5-6-2-3-7(11)8(4-6)12(15)16/h2-4,9H,5H2,1H3,(H,13,14). The third kappa shape index (κ3) is 3.22. The van der Waals surface area contributed by atoms with Crippen LogP contribution in [0.5, 0.6) is 0 Å². The van der Waals surface area contributed by atoms with E-state index in [9.17, 15) is 19.3 Å². The average Bonchev–Trinajstić information content (AvgIpc) is 2.27. The summed E-state index contributed by atoms with van der Waals surface area (Å²) >= 11 is 0. The van der Waals surface area contributed by atoms with E-state index in [-0.39, 0.29) is 6.42 Å². The first-order chi connectivity index (χ1) is 7.95. The summed E-state index contributed by atoms with van der Waals surface area (Å²) in [6.45, 7) is 0. The Morgan fingerprint density at radius 3 is 2.76 bits per heavy atom. The zero-order valence-corrected chi connectivity index (χ0v) is 8.92. The van der Waals surface area contributed by atoms with Crippen LogP contribution < -0.4 is 0 Å². The number of nitrogens with zero attached hydrogens (tertiary/aromatic N) is 1. The van der Waals surface area contributed by atoms with Crippen molar-refractivity contribution in [1.82, 2.24) is 0 Å². The molecule has 0 saturated carbocycles. The van der Waals surface area contributed by atoms with Gasteiger partial charge in [0.1, 0.15) is 0 Å². The molecule has 17 heavy (non-hydrogen) atoms. The van der Waals surface area contributed by atoms with Gasteiger partial charge >= 0.3 is 11.7 Å². The minimum atomic E-state index is -1.18. The highest BCUT2D eigenvalue weighted by molar-refractivity contribution is 5.72. The van der Waals surface area contributed by atoms with E-state index in [2.05, 4.69) is 4.74 Å². The lowest BCUT2D eigenvalue weighted by atomic mass is 10.1. The number of ether oxygens (including phenoxy) is 1. The summed E-state index contributed by atoms with van der Waals surface area (Å²) in [7, 11) is 1.22. The summed E-state index contributed by atoms with van der Waals surface area (Å²) < 4.78 is 17.7. The topological polar surface area (TPSA) is 89.7 Å². The van der Waals surface area contributed by atoms with Gasteiger partial charge in [-0.1, -0.05) is 6.07 Å². The van der Waals surface area contributed by atoms with Crippen molar-refractivity contribution in [1.29, 1.82) is 0 Å². The molecule has 0 heterocycles. The fourth-order valence-electron chi connectivity index (χ4n) is 1.31. The van der Waals surface area contributed by atoms with Crippen LogP contribution in [0.25, 0.3) is 0 Å². The number of methoxy groups -OCH3 is 1. The second kappa shape index (κ2) is 5.35. The molecule has 0 aliphatic heterocycles. The zero-order chi connectivity index (χ0) is 13.0. The number of carboxylic acid groups (broad SMARTS) is 1. The Morgan fingerprint density at radius 2 is 2.29 bits per heavy atom. The maximum atomic E-state index is 13.0. The number of carboxylic acids is 1. The van der Waals surface area contributed by atoms with Crippen LogP contribution >= 0.6 is 0 Å². The van der Waals surface area contributed by atoms with Crippen LogP contribution in [-0.2, 0) is 16.0 Å². The van der Waals surface area contributed by atoms with Gasteiger partial charge in [0.25, 0.3) is 0 Å². The van der Waals surface area contributed by atoms with Crippen LogP contribution in [0.15, 0.2) is 18.2 Å². The van der Waals surface area contributed by atoms with Crippen LogP contribution in [0.1, 0.15) is 5.56 Å². The number of nitro groups is 1. The molecule has 1 rings (SSSR count). The second-order valence-electron chi connectivity index (χ2n) is 3.31. The van der Waals surface area contributed by atoms with Gasteiger partial charge in [-0.05, 0) is 11.6 Å². The third-order valence-electron chi connectivity index (χ3n) is 2.19. The van der Waals surface area contributed by atoms with Gasteiger partial charge in [-0.25, -0.2) is 4.79 Å². The van der Waals surface area contributed by atoms with Crippen molar-refractivity contribution in [3.8, 4) is 0 Å². The van der Waals surface area contributed by atoms with Crippen LogP contribution in [-0.4, -0.2) is 29.2 Å². The summed E-state index contributed by atoms with van der Waals surface area (Å²) in [5.41, 5.74) is -0.352. The van der Waals surface area contributed by atoms with Crippen molar-refractivity contribution in [2.75, 3.05) is 7.11 Å². The van der Waals surface area contributed by atoms with Crippen LogP contribution in [0, 0.1) is 15.9 Å². The van der Waals surface area contributed by atoms with Gasteiger partial charge in [-0.15, -0.1) is 0 Å². The SMILES string of the molecule is COC(Cc1ccc(F)c([N+](=O)[O-])c1)C(=O)O. The Balaban J connectivity index is 2.96. The molecule has 1 N–H and O–H groups in total. The predicted octanol–water partition coefficient (Wildman–Crippen LogP) is 1.38. The third-order valence-corrected chi connectivity index (χ3v) is 2.19. The molecule has 1 unspecified atom stereocenters. The minimum Gasteiger partial charge on any atom is -0.479 e. The van der Waals surface area contributed by atoms with Gasteiger partial charge in [0.2, 0.25) is 5.82 Å². The van der Waals surface area contributed by atoms with Crippen molar-refractivity contribution in [2.45, 2.75) is 12.5 Å². The predicted molar refractivity (Wildman–Crippen MR) is 55.2 cm³/mol. The van der Waals surface area contributed by atoms with Gasteiger partial charge in [-0.3, -0.25) is 10.1 Å². The van der Waals surface area contributed by atoms with E-state index in [0.29, 0.717) is 5.56 Å². The second-order valence-corrected chi connectivity index (χ2v) is 3.31. The molecule has 6 nitrogen and oxygen atoms in total. The molecule has 0 aliphatic rings. The molecule has 92 valence electrons. The number of halogens is 1. The summed E-state index contributed by atoms with van der Waals surface area (Å²) in [6, 6.07) is 3.23. The van der Waals surface area contributed by atoms with Crippen molar-refractivity contribution >= 4 is 11.7 Å². The van der Waals surface area contributed by atoms with Crippen molar-refractivity contribution in [2.24, 2.45) is 0 Å². The summed E-state index contributed by atoms with van der Waals surface area (Å²) in [5.74, 6) is -2.14. The Hall–Kier alpha value is -2.02. The largest absolute Gasteiger partial charge is 0.479 e. The summed E-state index contributed by atoms with van der Waals surface area (Å²) in [5, 5.41) is 19.2. The van der Waals surface area contributed by atoms with Crippen molar-refractivity contribution in [3.63, 3.8) is 0 Å². The number of carbonyl (C=O) groups is 1. The lowest BCUT2D eigenvalue weighted by Crippen LogP contribution is -2.24. The van der Waals surface area contributed by atoms with Gasteiger partial charge < -0.3 is 9.84 Å². The summed E-state index contributed by atoms with van der Waals surface area (Å²) in [4.78, 5) is 20.3. The van der Waals surface area contributed by atoms with E-state index in [4.69, 9.17) is 5.11 Å². The Morgan fingerprint density at radius 1 is 1.65 bits per heavy atom. The number of benzene rings is 1. The lowest BCUT2D eigenvalue weighted by molar-refractivity contribution is -0.387. The molecule has 1 aromatic carbocycles. The quantitative estimate of drug-likeness (QED) is 0.623. The highest BCUT2D eigenvalue weighted by Gasteiger charge is 2.20. The van der Waals surface area contributed by atoms with E-state index in [1.807, 2.05) is 0 Å². The molecule has 0 saturated heterocycles. The smallest absolute Gasteiger partial charge is 0.333 e. The first kappa shape index (κ1) is 13.0. The molecule has 0 fully saturated rings. The molecular formula is C10H10FNO5. The van der Waals surface area contributed by atoms with E-state index >= 15 is 0 Å². The van der Waals surface area contributed by atoms with Crippen LogP contribution in [0.2, 0.25) is 0 Å². The highest BCUT2D eigenvalue weighted by atomic mass is 19.1. The van der Waals surface area contributed by atoms with Crippen molar-refractivity contribution in [3.05, 3.63) is 39.7 Å². The maximum Gasteiger partial charge on any atom is 0.333 e. The number of nitro benzene ring substituents is 1. The van der Waals surface area contributed by atoms with Crippen molar-refractivity contribution < 1.29 is 24.0 Å². The molecule has 1 atom stereocenters. The van der Waals surface area contributed by atoms with Crippen LogP contribution in [0.4, 0.5) is 10.1 Å². The van der Waals surface area contributed by atoms with Gasteiger partial charge in [0.05, 0.1) is 4.92 Å². The zero-order valence-electron chi connectivity index (χ0n) is 8.92. The lowest BCUT2D eigenvalue weighted by Gasteiger charge is -2.09. The Bertz CT molecular complexity index is 448. The normalized spacial score (nSPS) is 12.1. The highest BCUT2D eigenvalue weighted by Crippen LogP contribution is 2.19. The maximum absolute atomic E-state index is 13.0. The molecule has 0 bridgehead atoms. The molecule has 0 amide bonds. The van der Waals surface area contributed by atoms with Gasteiger partial charge in [-0.2, -0.15) is 4.39 Å². The number of hydrogen-bond acceptors (Lipinski definition) is 4. The van der Waals surface area contributed by atoms with E-state index in [1.54, 1.807) is 0 Å². The van der Waals surface area contributed by atoms with E-state index < -0.39 is 28.5 Å². The number of hydrogen-bond donors (Lipinski definition) is 1. The molecule has 7 heteroatoms. The molecule has 0 spiro atoms. The fourth-order valence-corrected chi connectivity index (χ4v) is 1.31. The molecule has 0 radical (unpaired) electrons. The first-order valence-electron chi connectivity index (χ1n) is 4.64. The number of aliphatic carboxylic acids is 1. The Labute approximate surface area is 95.8 Å². The molecule has 0 aromatic heterocycles. The minimum absolute atomic E-state index is 0.0625. The summed E-state index contributed by atoms with van der Waals surface area (Å²) in [6.07, 6.45) is -1.17.